The minimum atomic E-state index is 0.0672. The summed E-state index contributed by atoms with van der Waals surface area (Å²) in [4.78, 5) is 2.20. The Hall–Kier alpha value is -0.550. The monoisotopic (exact) mass is 319 g/mol. The molecule has 14 heavy (non-hydrogen) atoms. The van der Waals surface area contributed by atoms with Crippen LogP contribution in [-0.4, -0.2) is 15.1 Å². The zero-order valence-electron chi connectivity index (χ0n) is 7.59. The predicted octanol–water partition coefficient (Wildman–Crippen LogP) is -0.381. The van der Waals surface area contributed by atoms with Crippen LogP contribution < -0.4 is 21.2 Å². The van der Waals surface area contributed by atoms with Gasteiger partial charge in [-0.2, -0.15) is 0 Å². The molecule has 0 aliphatic heterocycles. The van der Waals surface area contributed by atoms with Crippen LogP contribution >= 0.6 is 11.6 Å². The van der Waals surface area contributed by atoms with Crippen LogP contribution in [0.15, 0.2) is 30.3 Å². The molecule has 2 rings (SSSR count). The Labute approximate surface area is 97.9 Å². The summed E-state index contributed by atoms with van der Waals surface area (Å²) >= 11 is 6.13. The first-order valence-electron chi connectivity index (χ1n) is 4.11. The first-order valence-corrected chi connectivity index (χ1v) is 7.72. The van der Waals surface area contributed by atoms with Crippen molar-refractivity contribution in [3.8, 4) is 11.3 Å². The number of halogens is 2. The van der Waals surface area contributed by atoms with Gasteiger partial charge < -0.3 is 0 Å². The molecule has 0 amide bonds. The Balaban J connectivity index is 2.44. The van der Waals surface area contributed by atoms with Crippen molar-refractivity contribution in [3.63, 3.8) is 0 Å². The van der Waals surface area contributed by atoms with Crippen molar-refractivity contribution in [3.05, 3.63) is 39.1 Å². The van der Waals surface area contributed by atoms with E-state index in [9.17, 15) is 0 Å². The van der Waals surface area contributed by atoms with E-state index in [-0.39, 0.29) is 21.2 Å². The fourth-order valence-corrected chi connectivity index (χ4v) is 2.40. The molecule has 1 heterocycles. The molecule has 0 aliphatic rings. The van der Waals surface area contributed by atoms with Crippen LogP contribution in [0.5, 0.6) is 0 Å². The molecule has 0 saturated carbocycles. The summed E-state index contributed by atoms with van der Waals surface area (Å²) in [5.41, 5.74) is 1.93. The number of hydrogen-bond acceptors (Lipinski definition) is 1. The molecule has 2 aromatic rings. The van der Waals surface area contributed by atoms with E-state index < -0.39 is 0 Å². The first-order chi connectivity index (χ1) is 6.81. The molecule has 0 bridgehead atoms. The van der Waals surface area contributed by atoms with Gasteiger partial charge >= 0.3 is 98.2 Å². The van der Waals surface area contributed by atoms with Crippen LogP contribution in [0.3, 0.4) is 0 Å². The average molecular weight is 320 g/mol. The van der Waals surface area contributed by atoms with Crippen molar-refractivity contribution >= 4 is 11.6 Å². The number of rotatable bonds is 2. The third-order valence-electron chi connectivity index (χ3n) is 1.90. The minimum absolute atomic E-state index is 0.0672. The molecule has 4 heteroatoms. The van der Waals surface area contributed by atoms with Gasteiger partial charge in [-0.1, -0.05) is 0 Å². The normalized spacial score (nSPS) is 10.7. The van der Waals surface area contributed by atoms with E-state index in [4.69, 9.17) is 11.6 Å². The van der Waals surface area contributed by atoms with Crippen LogP contribution in [0.1, 0.15) is 0 Å². The first kappa shape index (κ1) is 9.98. The van der Waals surface area contributed by atoms with Gasteiger partial charge in [-0.05, 0) is 0 Å². The second-order valence-electron chi connectivity index (χ2n) is 2.77. The van der Waals surface area contributed by atoms with Gasteiger partial charge in [0.1, 0.15) is 0 Å². The van der Waals surface area contributed by atoms with E-state index in [1.807, 2.05) is 24.3 Å². The Morgan fingerprint density at radius 1 is 1.36 bits per heavy atom. The van der Waals surface area contributed by atoms with Gasteiger partial charge in [0.15, 0.2) is 0 Å². The van der Waals surface area contributed by atoms with Crippen LogP contribution in [0.4, 0.5) is 0 Å². The molecule has 0 spiro atoms. The molecule has 0 atom stereocenters. The fraction of sp³-hybridized carbons (Fsp3) is 0.100. The van der Waals surface area contributed by atoms with Crippen LogP contribution in [0.25, 0.3) is 11.3 Å². The summed E-state index contributed by atoms with van der Waals surface area (Å²) in [5, 5.41) is 8.01. The second kappa shape index (κ2) is 4.31. The summed E-state index contributed by atoms with van der Waals surface area (Å²) < 4.78 is 1.23. The Morgan fingerprint density at radius 2 is 2.14 bits per heavy atom. The van der Waals surface area contributed by atoms with Crippen LogP contribution in [0.2, 0.25) is 5.02 Å². The summed E-state index contributed by atoms with van der Waals surface area (Å²) in [7, 11) is 0. The maximum atomic E-state index is 6.07. The molecule has 1 aromatic heterocycles. The van der Waals surface area contributed by atoms with Crippen molar-refractivity contribution < 1.29 is 21.2 Å². The molecule has 0 radical (unpaired) electrons. The standard InChI is InChI=1S/C10H9ClIN2/c1-12-10-6-9(13-14-10)7-4-2-3-5-8(7)11/h2-6H,1H3,(H,13,14)/q-1. The average Bonchev–Trinajstić information content (AvgIpc) is 2.67. The number of aromatic amines is 1. The van der Waals surface area contributed by atoms with Gasteiger partial charge in [-0.25, -0.2) is 0 Å². The molecule has 1 N–H and O–H groups in total. The number of alkyl halides is 1. The third kappa shape index (κ3) is 1.93. The quantitative estimate of drug-likeness (QED) is 0.593. The van der Waals surface area contributed by atoms with E-state index >= 15 is 0 Å². The molecule has 0 saturated heterocycles. The molecule has 74 valence electrons. The zero-order valence-corrected chi connectivity index (χ0v) is 10.5. The summed E-state index contributed by atoms with van der Waals surface area (Å²) in [6.45, 7) is 0. The maximum absolute atomic E-state index is 6.07. The van der Waals surface area contributed by atoms with E-state index in [2.05, 4.69) is 21.2 Å². The van der Waals surface area contributed by atoms with Crippen molar-refractivity contribution in [2.24, 2.45) is 0 Å². The van der Waals surface area contributed by atoms with E-state index in [1.165, 1.54) is 3.70 Å². The number of H-pyrrole nitrogens is 1. The van der Waals surface area contributed by atoms with E-state index in [1.54, 1.807) is 0 Å². The molecule has 2 nitrogen and oxygen atoms in total. The second-order valence-corrected chi connectivity index (χ2v) is 5.42. The molecule has 0 fully saturated rings. The number of aromatic nitrogens is 2. The number of nitrogens with zero attached hydrogens (tertiary/aromatic N) is 1. The Bertz CT molecular complexity index is 439. The number of hydrogen-bond donors (Lipinski definition) is 1. The third-order valence-corrected chi connectivity index (χ3v) is 3.94. The molecule has 0 aliphatic carbocycles. The fourth-order valence-electron chi connectivity index (χ4n) is 1.20. The van der Waals surface area contributed by atoms with Crippen molar-refractivity contribution in [1.29, 1.82) is 0 Å². The molecule has 1 aromatic carbocycles. The summed E-state index contributed by atoms with van der Waals surface area (Å²) in [6.07, 6.45) is 0. The predicted molar refractivity (Wildman–Crippen MR) is 53.7 cm³/mol. The Kier molecular flexibility index (Phi) is 3.08. The van der Waals surface area contributed by atoms with Crippen LogP contribution in [0, 0.1) is 3.70 Å². The van der Waals surface area contributed by atoms with Crippen LogP contribution in [-0.2, 0) is 0 Å². The Morgan fingerprint density at radius 3 is 2.79 bits per heavy atom. The van der Waals surface area contributed by atoms with E-state index in [0.29, 0.717) is 0 Å². The van der Waals surface area contributed by atoms with Crippen molar-refractivity contribution in [2.75, 3.05) is 4.93 Å². The van der Waals surface area contributed by atoms with Gasteiger partial charge in [-0.3, -0.25) is 0 Å². The SMILES string of the molecule is C[I-]c1cc(-c2ccccc2Cl)n[nH]1. The molecular formula is C10H9ClIN2-. The van der Waals surface area contributed by atoms with Crippen molar-refractivity contribution in [1.82, 2.24) is 10.2 Å². The molecular weight excluding hydrogens is 310 g/mol. The van der Waals surface area contributed by atoms with Gasteiger partial charge in [-0.15, -0.1) is 0 Å². The summed E-state index contributed by atoms with van der Waals surface area (Å²) in [5.74, 6) is 0. The zero-order chi connectivity index (χ0) is 9.97. The topological polar surface area (TPSA) is 28.7 Å². The number of benzene rings is 1. The number of nitrogens with one attached hydrogen (secondary N) is 1. The van der Waals surface area contributed by atoms with Crippen molar-refractivity contribution in [2.45, 2.75) is 0 Å². The van der Waals surface area contributed by atoms with Gasteiger partial charge in [0, 0.05) is 0 Å². The van der Waals surface area contributed by atoms with Gasteiger partial charge in [0.25, 0.3) is 0 Å². The van der Waals surface area contributed by atoms with Gasteiger partial charge in [0.2, 0.25) is 0 Å². The summed E-state index contributed by atoms with van der Waals surface area (Å²) in [6, 6.07) is 9.83. The molecule has 0 unspecified atom stereocenters. The van der Waals surface area contributed by atoms with E-state index in [0.717, 1.165) is 16.3 Å². The van der Waals surface area contributed by atoms with Gasteiger partial charge in [0.05, 0.1) is 0 Å².